The van der Waals surface area contributed by atoms with E-state index in [1.165, 1.54) is 24.2 Å². The second kappa shape index (κ2) is 4.29. The topological polar surface area (TPSA) is 53.4 Å². The monoisotopic (exact) mass is 254 g/mol. The molecule has 1 aliphatic heterocycles. The summed E-state index contributed by atoms with van der Waals surface area (Å²) in [5.41, 5.74) is 0.485. The van der Waals surface area contributed by atoms with Gasteiger partial charge in [-0.3, -0.25) is 0 Å². The lowest BCUT2D eigenvalue weighted by atomic mass is 9.91. The largest absolute Gasteiger partial charge is 0.477 e. The van der Waals surface area contributed by atoms with Crippen LogP contribution in [0.25, 0.3) is 0 Å². The summed E-state index contributed by atoms with van der Waals surface area (Å²) in [7, 11) is 0. The normalized spacial score (nSPS) is 16.5. The lowest BCUT2D eigenvalue weighted by molar-refractivity contribution is 0.0699. The number of thiazole rings is 1. The first-order valence-electron chi connectivity index (χ1n) is 5.89. The third-order valence-corrected chi connectivity index (χ3v) is 4.00. The van der Waals surface area contributed by atoms with Crippen molar-refractivity contribution in [1.29, 1.82) is 0 Å². The number of carbonyl (C=O) groups is 1. The van der Waals surface area contributed by atoms with Gasteiger partial charge < -0.3 is 10.0 Å². The zero-order valence-corrected chi connectivity index (χ0v) is 11.3. The van der Waals surface area contributed by atoms with Gasteiger partial charge in [0, 0.05) is 18.5 Å². The first-order valence-corrected chi connectivity index (χ1v) is 6.71. The lowest BCUT2D eigenvalue weighted by Crippen LogP contribution is -2.19. The van der Waals surface area contributed by atoms with E-state index in [0.717, 1.165) is 18.2 Å². The quantitative estimate of drug-likeness (QED) is 0.881. The molecule has 0 spiro atoms. The molecular formula is C12H18N2O2S. The van der Waals surface area contributed by atoms with Gasteiger partial charge >= 0.3 is 5.97 Å². The molecule has 0 aromatic carbocycles. The summed E-state index contributed by atoms with van der Waals surface area (Å²) in [6.07, 6.45) is 2.35. The fraction of sp³-hybridized carbons (Fsp3) is 0.667. The van der Waals surface area contributed by atoms with Crippen LogP contribution in [0.4, 0.5) is 5.13 Å². The van der Waals surface area contributed by atoms with Gasteiger partial charge in [-0.2, -0.15) is 0 Å². The number of carboxylic acid groups (broad SMARTS) is 1. The van der Waals surface area contributed by atoms with Crippen LogP contribution in [0, 0.1) is 0 Å². The van der Waals surface area contributed by atoms with Crippen molar-refractivity contribution in [2.75, 3.05) is 18.0 Å². The fourth-order valence-electron chi connectivity index (χ4n) is 2.01. The summed E-state index contributed by atoms with van der Waals surface area (Å²) < 4.78 is 0. The minimum absolute atomic E-state index is 0.220. The minimum atomic E-state index is -0.863. The summed E-state index contributed by atoms with van der Waals surface area (Å²) >= 11 is 1.31. The zero-order valence-electron chi connectivity index (χ0n) is 10.5. The van der Waals surface area contributed by atoms with Crippen LogP contribution in [-0.4, -0.2) is 29.1 Å². The molecule has 0 amide bonds. The Morgan fingerprint density at radius 2 is 1.94 bits per heavy atom. The Morgan fingerprint density at radius 1 is 1.35 bits per heavy atom. The van der Waals surface area contributed by atoms with E-state index in [1.54, 1.807) is 0 Å². The fourth-order valence-corrected chi connectivity index (χ4v) is 3.17. The van der Waals surface area contributed by atoms with Gasteiger partial charge in [0.2, 0.25) is 0 Å². The van der Waals surface area contributed by atoms with Crippen LogP contribution in [0.3, 0.4) is 0 Å². The van der Waals surface area contributed by atoms with Crippen LogP contribution in [0.5, 0.6) is 0 Å². The van der Waals surface area contributed by atoms with Crippen molar-refractivity contribution in [2.45, 2.75) is 39.0 Å². The molecule has 0 atom stereocenters. The molecule has 1 N–H and O–H groups in total. The smallest absolute Gasteiger partial charge is 0.347 e. The number of carboxylic acids is 1. The van der Waals surface area contributed by atoms with Crippen LogP contribution < -0.4 is 4.90 Å². The number of nitrogens with zero attached hydrogens (tertiary/aromatic N) is 2. The Bertz CT molecular complexity index is 428. The predicted molar refractivity (Wildman–Crippen MR) is 69.2 cm³/mol. The van der Waals surface area contributed by atoms with Crippen molar-refractivity contribution >= 4 is 22.4 Å². The van der Waals surface area contributed by atoms with E-state index < -0.39 is 5.97 Å². The summed E-state index contributed by atoms with van der Waals surface area (Å²) in [5.74, 6) is -0.863. The van der Waals surface area contributed by atoms with Crippen LogP contribution in [-0.2, 0) is 5.41 Å². The van der Waals surface area contributed by atoms with Crippen molar-refractivity contribution in [2.24, 2.45) is 0 Å². The van der Waals surface area contributed by atoms with Gasteiger partial charge in [0.25, 0.3) is 0 Å². The molecule has 0 saturated carbocycles. The highest BCUT2D eigenvalue weighted by Crippen LogP contribution is 2.34. The molecule has 1 aliphatic rings. The van der Waals surface area contributed by atoms with Crippen LogP contribution >= 0.6 is 11.3 Å². The average Bonchev–Trinajstić information content (AvgIpc) is 2.85. The van der Waals surface area contributed by atoms with E-state index in [9.17, 15) is 9.90 Å². The highest BCUT2D eigenvalue weighted by atomic mass is 32.1. The summed E-state index contributed by atoms with van der Waals surface area (Å²) in [6, 6.07) is 0. The van der Waals surface area contributed by atoms with Crippen LogP contribution in [0.2, 0.25) is 0 Å². The van der Waals surface area contributed by atoms with Gasteiger partial charge in [-0.05, 0) is 12.8 Å². The second-order valence-electron chi connectivity index (χ2n) is 5.42. The van der Waals surface area contributed by atoms with Crippen molar-refractivity contribution in [1.82, 2.24) is 4.98 Å². The van der Waals surface area contributed by atoms with E-state index in [0.29, 0.717) is 10.6 Å². The third kappa shape index (κ3) is 2.44. The van der Waals surface area contributed by atoms with E-state index in [-0.39, 0.29) is 5.41 Å². The Morgan fingerprint density at radius 3 is 2.35 bits per heavy atom. The number of aromatic nitrogens is 1. The van der Waals surface area contributed by atoms with Gasteiger partial charge in [0.15, 0.2) is 5.13 Å². The molecule has 1 aromatic heterocycles. The van der Waals surface area contributed by atoms with Gasteiger partial charge in [-0.25, -0.2) is 9.78 Å². The first kappa shape index (κ1) is 12.4. The van der Waals surface area contributed by atoms with Crippen LogP contribution in [0.1, 0.15) is 49.0 Å². The molecule has 2 rings (SSSR count). The van der Waals surface area contributed by atoms with E-state index in [2.05, 4.69) is 9.88 Å². The summed E-state index contributed by atoms with van der Waals surface area (Å²) in [6.45, 7) is 8.00. The van der Waals surface area contributed by atoms with Gasteiger partial charge in [0.1, 0.15) is 4.88 Å². The molecule has 0 radical (unpaired) electrons. The second-order valence-corrected chi connectivity index (χ2v) is 6.40. The zero-order chi connectivity index (χ0) is 12.6. The maximum absolute atomic E-state index is 11.2. The summed E-state index contributed by atoms with van der Waals surface area (Å²) in [4.78, 5) is 18.4. The highest BCUT2D eigenvalue weighted by Gasteiger charge is 2.29. The molecule has 5 heteroatoms. The van der Waals surface area contributed by atoms with E-state index in [1.807, 2.05) is 20.8 Å². The number of hydrogen-bond donors (Lipinski definition) is 1. The molecule has 1 saturated heterocycles. The standard InChI is InChI=1S/C12H18N2O2S/c1-12(2,3)9-8(10(15)16)17-11(13-9)14-6-4-5-7-14/h4-7H2,1-3H3,(H,15,16). The highest BCUT2D eigenvalue weighted by molar-refractivity contribution is 7.17. The molecule has 17 heavy (non-hydrogen) atoms. The van der Waals surface area contributed by atoms with Gasteiger partial charge in [-0.1, -0.05) is 32.1 Å². The van der Waals surface area contributed by atoms with E-state index >= 15 is 0 Å². The maximum Gasteiger partial charge on any atom is 0.347 e. The Hall–Kier alpha value is -1.10. The van der Waals surface area contributed by atoms with Gasteiger partial charge in [0.05, 0.1) is 5.69 Å². The first-order chi connectivity index (χ1) is 7.89. The molecule has 2 heterocycles. The summed E-state index contributed by atoms with van der Waals surface area (Å²) in [5, 5.41) is 10.1. The van der Waals surface area contributed by atoms with E-state index in [4.69, 9.17) is 0 Å². The van der Waals surface area contributed by atoms with Crippen molar-refractivity contribution in [3.63, 3.8) is 0 Å². The molecule has 1 fully saturated rings. The number of hydrogen-bond acceptors (Lipinski definition) is 4. The Balaban J connectivity index is 2.40. The molecular weight excluding hydrogens is 236 g/mol. The maximum atomic E-state index is 11.2. The number of aromatic carboxylic acids is 1. The molecule has 0 unspecified atom stereocenters. The number of rotatable bonds is 2. The van der Waals surface area contributed by atoms with Crippen LogP contribution in [0.15, 0.2) is 0 Å². The van der Waals surface area contributed by atoms with Crippen molar-refractivity contribution in [3.05, 3.63) is 10.6 Å². The molecule has 0 aliphatic carbocycles. The van der Waals surface area contributed by atoms with Crippen molar-refractivity contribution < 1.29 is 9.90 Å². The Labute approximate surface area is 105 Å². The lowest BCUT2D eigenvalue weighted by Gasteiger charge is -2.17. The molecule has 4 nitrogen and oxygen atoms in total. The SMILES string of the molecule is CC(C)(C)c1nc(N2CCCC2)sc1C(=O)O. The third-order valence-electron chi connectivity index (χ3n) is 2.90. The minimum Gasteiger partial charge on any atom is -0.477 e. The van der Waals surface area contributed by atoms with Crippen molar-refractivity contribution in [3.8, 4) is 0 Å². The molecule has 1 aromatic rings. The molecule has 94 valence electrons. The predicted octanol–water partition coefficient (Wildman–Crippen LogP) is 2.74. The Kier molecular flexibility index (Phi) is 3.12. The number of anilines is 1. The molecule has 0 bridgehead atoms. The average molecular weight is 254 g/mol. The van der Waals surface area contributed by atoms with Gasteiger partial charge in [-0.15, -0.1) is 0 Å².